The average Bonchev–Trinajstić information content (AvgIpc) is 2.75. The van der Waals surface area contributed by atoms with Crippen LogP contribution in [-0.2, 0) is 58.0 Å². The van der Waals surface area contributed by atoms with Gasteiger partial charge >= 0.3 is 30.6 Å². The molecule has 0 spiro atoms. The predicted octanol–water partition coefficient (Wildman–Crippen LogP) is 5.95. The molecule has 16 heteroatoms. The molecule has 0 bridgehead atoms. The maximum absolute atomic E-state index is 12.6. The van der Waals surface area contributed by atoms with Crippen molar-refractivity contribution in [1.29, 1.82) is 0 Å². The number of hydrogen-bond acceptors (Lipinski definition) is 16. The van der Waals surface area contributed by atoms with E-state index in [1.165, 1.54) is 69.2 Å². The highest BCUT2D eigenvalue weighted by Gasteiger charge is 2.56. The second kappa shape index (κ2) is 14.5. The first-order valence-electron chi connectivity index (χ1n) is 12.2. The maximum atomic E-state index is 12.6. The molecule has 1 unspecified atom stereocenters. The zero-order valence-electron chi connectivity index (χ0n) is 25.3. The van der Waals surface area contributed by atoms with Gasteiger partial charge in [0.2, 0.25) is 6.10 Å². The highest BCUT2D eigenvalue weighted by molar-refractivity contribution is 5.65. The molecular formula is C24H42O16. The Bertz CT molecular complexity index is 762. The van der Waals surface area contributed by atoms with E-state index in [2.05, 4.69) is 19.6 Å². The van der Waals surface area contributed by atoms with Gasteiger partial charge in [-0.15, -0.1) is 0 Å². The van der Waals surface area contributed by atoms with E-state index >= 15 is 0 Å². The lowest BCUT2D eigenvalue weighted by Crippen LogP contribution is -2.55. The summed E-state index contributed by atoms with van der Waals surface area (Å²) in [5, 5.41) is 0. The molecule has 0 aliphatic carbocycles. The van der Waals surface area contributed by atoms with Gasteiger partial charge in [0.1, 0.15) is 22.4 Å². The topological polar surface area (TPSA) is 179 Å². The van der Waals surface area contributed by atoms with Gasteiger partial charge in [-0.1, -0.05) is 6.92 Å². The van der Waals surface area contributed by atoms with E-state index in [4.69, 9.17) is 38.5 Å². The summed E-state index contributed by atoms with van der Waals surface area (Å²) in [6, 6.07) is 0. The molecule has 0 fully saturated rings. The number of carbonyl (C=O) groups excluding carboxylic acids is 4. The molecule has 16 nitrogen and oxygen atoms in total. The predicted molar refractivity (Wildman–Crippen MR) is 130 cm³/mol. The summed E-state index contributed by atoms with van der Waals surface area (Å²) in [5.74, 6) is -3.27. The van der Waals surface area contributed by atoms with Gasteiger partial charge in [0.05, 0.1) is 0 Å². The molecule has 0 aliphatic heterocycles. The lowest BCUT2D eigenvalue weighted by atomic mass is 10.2. The number of hydrogen-bond donors (Lipinski definition) is 0. The summed E-state index contributed by atoms with van der Waals surface area (Å²) in [4.78, 5) is 87.9. The van der Waals surface area contributed by atoms with Crippen LogP contribution in [0.3, 0.4) is 0 Å². The Hall–Kier alpha value is -3.08. The molecule has 0 aromatic carbocycles. The van der Waals surface area contributed by atoms with Crippen LogP contribution in [0.5, 0.6) is 0 Å². The summed E-state index contributed by atoms with van der Waals surface area (Å²) in [5.41, 5.74) is -4.00. The van der Waals surface area contributed by atoms with Crippen LogP contribution in [0.25, 0.3) is 0 Å². The number of ether oxygens (including phenoxy) is 4. The van der Waals surface area contributed by atoms with Gasteiger partial charge in [-0.3, -0.25) is 19.6 Å². The maximum Gasteiger partial charge on any atom is 0.546 e. The fourth-order valence-corrected chi connectivity index (χ4v) is 1.84. The minimum atomic E-state index is -3.27. The van der Waals surface area contributed by atoms with Gasteiger partial charge in [0.25, 0.3) is 0 Å². The van der Waals surface area contributed by atoms with Crippen LogP contribution in [0.4, 0.5) is 19.2 Å². The smallest absolute Gasteiger partial charge is 0.416 e. The molecule has 0 aromatic rings. The van der Waals surface area contributed by atoms with Crippen LogP contribution < -0.4 is 0 Å². The van der Waals surface area contributed by atoms with Crippen LogP contribution in [0.1, 0.15) is 96.4 Å². The van der Waals surface area contributed by atoms with Gasteiger partial charge in [0, 0.05) is 0 Å². The quantitative estimate of drug-likeness (QED) is 0.127. The molecule has 0 saturated heterocycles. The first-order valence-corrected chi connectivity index (χ1v) is 12.2. The molecule has 0 rings (SSSR count). The van der Waals surface area contributed by atoms with Crippen molar-refractivity contribution in [3.63, 3.8) is 0 Å². The molecule has 0 saturated carbocycles. The third-order valence-electron chi connectivity index (χ3n) is 3.12. The first kappa shape index (κ1) is 36.9. The molecule has 0 aromatic heterocycles. The Morgan fingerprint density at radius 1 is 0.475 bits per heavy atom. The molecule has 40 heavy (non-hydrogen) atoms. The summed E-state index contributed by atoms with van der Waals surface area (Å²) in [7, 11) is 0. The van der Waals surface area contributed by atoms with Crippen molar-refractivity contribution >= 4 is 24.6 Å². The van der Waals surface area contributed by atoms with Gasteiger partial charge in [-0.05, 0) is 89.5 Å². The lowest BCUT2D eigenvalue weighted by molar-refractivity contribution is -0.410. The van der Waals surface area contributed by atoms with E-state index in [1.807, 2.05) is 0 Å². The van der Waals surface area contributed by atoms with Crippen LogP contribution >= 0.6 is 0 Å². The van der Waals surface area contributed by atoms with Crippen molar-refractivity contribution in [1.82, 2.24) is 0 Å². The molecule has 0 heterocycles. The molecule has 1 atom stereocenters. The van der Waals surface area contributed by atoms with E-state index in [9.17, 15) is 19.2 Å². The highest BCUT2D eigenvalue weighted by atomic mass is 17.3. The van der Waals surface area contributed by atoms with E-state index in [0.717, 1.165) is 0 Å². The molecule has 0 aliphatic rings. The van der Waals surface area contributed by atoms with Crippen molar-refractivity contribution in [3.8, 4) is 0 Å². The Morgan fingerprint density at radius 3 is 0.950 bits per heavy atom. The molecule has 234 valence electrons. The van der Waals surface area contributed by atoms with Crippen molar-refractivity contribution in [2.75, 3.05) is 0 Å². The standard InChI is InChI=1S/C24H42O16/c1-14-15(29-16(25)33-37-20(2,3)4)24(30-17(26)34-38-21(5,6)7,31-18(27)35-39-22(8,9)10)32-19(28)36-40-23(11,12)13/h15H,14H2,1-13H3. The van der Waals surface area contributed by atoms with E-state index in [1.54, 1.807) is 20.8 Å². The minimum Gasteiger partial charge on any atom is -0.416 e. The van der Waals surface area contributed by atoms with Crippen LogP contribution in [-0.4, -0.2) is 59.1 Å². The Labute approximate surface area is 233 Å². The fourth-order valence-electron chi connectivity index (χ4n) is 1.84. The Balaban J connectivity index is 6.42. The summed E-state index contributed by atoms with van der Waals surface area (Å²) < 4.78 is 20.2. The monoisotopic (exact) mass is 586 g/mol. The van der Waals surface area contributed by atoms with Crippen LogP contribution in [0.15, 0.2) is 0 Å². The lowest BCUT2D eigenvalue weighted by Gasteiger charge is -2.34. The molecule has 0 amide bonds. The third-order valence-corrected chi connectivity index (χ3v) is 3.12. The van der Waals surface area contributed by atoms with Crippen LogP contribution in [0.2, 0.25) is 0 Å². The van der Waals surface area contributed by atoms with Crippen molar-refractivity contribution in [2.24, 2.45) is 0 Å². The van der Waals surface area contributed by atoms with E-state index in [0.29, 0.717) is 0 Å². The van der Waals surface area contributed by atoms with E-state index < -0.39 is 59.1 Å². The average molecular weight is 587 g/mol. The normalized spacial score (nSPS) is 13.4. The molecule has 0 radical (unpaired) electrons. The minimum absolute atomic E-state index is 0.348. The van der Waals surface area contributed by atoms with Gasteiger partial charge in [-0.25, -0.2) is 19.2 Å². The summed E-state index contributed by atoms with van der Waals surface area (Å²) in [6.45, 7) is 19.9. The molecular weight excluding hydrogens is 544 g/mol. The first-order chi connectivity index (χ1) is 17.9. The second-order valence-corrected chi connectivity index (χ2v) is 12.0. The highest BCUT2D eigenvalue weighted by Crippen LogP contribution is 2.30. The van der Waals surface area contributed by atoms with Crippen LogP contribution in [0, 0.1) is 0 Å². The SMILES string of the molecule is CCC(OC(=O)OOC(C)(C)C)C(OC(=O)OOC(C)(C)C)(OC(=O)OOC(C)(C)C)OC(=O)OOC(C)(C)C. The van der Waals surface area contributed by atoms with Crippen molar-refractivity contribution in [3.05, 3.63) is 0 Å². The zero-order valence-corrected chi connectivity index (χ0v) is 25.3. The summed E-state index contributed by atoms with van der Waals surface area (Å²) >= 11 is 0. The van der Waals surface area contributed by atoms with Crippen molar-refractivity contribution in [2.45, 2.75) is 131 Å². The Morgan fingerprint density at radius 2 is 0.725 bits per heavy atom. The second-order valence-electron chi connectivity index (χ2n) is 12.0. The molecule has 0 N–H and O–H groups in total. The third kappa shape index (κ3) is 17.5. The largest absolute Gasteiger partial charge is 0.546 e. The van der Waals surface area contributed by atoms with Crippen molar-refractivity contribution < 1.29 is 77.2 Å². The number of carbonyl (C=O) groups is 4. The van der Waals surface area contributed by atoms with Gasteiger partial charge < -0.3 is 18.9 Å². The zero-order chi connectivity index (χ0) is 31.6. The fraction of sp³-hybridized carbons (Fsp3) is 0.833. The number of rotatable bonds is 10. The van der Waals surface area contributed by atoms with Gasteiger partial charge in [0.15, 0.2) is 0 Å². The Kier molecular flexibility index (Phi) is 13.4. The van der Waals surface area contributed by atoms with E-state index in [-0.39, 0.29) is 6.42 Å². The van der Waals surface area contributed by atoms with Gasteiger partial charge in [-0.2, -0.15) is 19.6 Å². The summed E-state index contributed by atoms with van der Waals surface area (Å²) in [6.07, 6.45) is -8.91.